The normalized spacial score (nSPS) is 26.4. The summed E-state index contributed by atoms with van der Waals surface area (Å²) in [5.41, 5.74) is -0.819. The number of nitrogens with zero attached hydrogens (tertiary/aromatic N) is 2. The molecule has 0 aliphatic carbocycles. The second-order valence-electron chi connectivity index (χ2n) is 4.40. The van der Waals surface area contributed by atoms with E-state index in [2.05, 4.69) is 10.1 Å². The van der Waals surface area contributed by atoms with Gasteiger partial charge in [0.15, 0.2) is 5.82 Å². The molecule has 15 heavy (non-hydrogen) atoms. The minimum atomic E-state index is -0.819. The molecule has 0 spiro atoms. The van der Waals surface area contributed by atoms with Crippen molar-refractivity contribution < 1.29 is 14.4 Å². The Bertz CT molecular complexity index is 329. The van der Waals surface area contributed by atoms with Crippen LogP contribution in [0.3, 0.4) is 0 Å². The Morgan fingerprint density at radius 1 is 1.53 bits per heavy atom. The average Bonchev–Trinajstić information content (AvgIpc) is 2.75. The standard InChI is InChI=1S/C10H16N2O3/c1-7(2)9-11-8(15-12-9)5-10(13)3-4-14-6-10/h7,13H,3-6H2,1-2H3/t10-/m0/s1. The lowest BCUT2D eigenvalue weighted by molar-refractivity contribution is 0.0207. The molecular weight excluding hydrogens is 196 g/mol. The summed E-state index contributed by atoms with van der Waals surface area (Å²) in [4.78, 5) is 4.23. The third-order valence-electron chi connectivity index (χ3n) is 2.56. The molecule has 5 nitrogen and oxygen atoms in total. The number of hydrogen-bond donors (Lipinski definition) is 1. The van der Waals surface area contributed by atoms with Crippen LogP contribution < -0.4 is 0 Å². The third kappa shape index (κ3) is 2.35. The lowest BCUT2D eigenvalue weighted by Gasteiger charge is -2.16. The van der Waals surface area contributed by atoms with Crippen molar-refractivity contribution in [1.82, 2.24) is 10.1 Å². The van der Waals surface area contributed by atoms with Gasteiger partial charge in [0.25, 0.3) is 0 Å². The largest absolute Gasteiger partial charge is 0.387 e. The molecule has 2 heterocycles. The summed E-state index contributed by atoms with van der Waals surface area (Å²) in [5, 5.41) is 13.9. The van der Waals surface area contributed by atoms with Crippen molar-refractivity contribution in [2.24, 2.45) is 0 Å². The zero-order valence-electron chi connectivity index (χ0n) is 9.06. The van der Waals surface area contributed by atoms with Crippen LogP contribution >= 0.6 is 0 Å². The second kappa shape index (κ2) is 3.90. The molecule has 1 aliphatic heterocycles. The van der Waals surface area contributed by atoms with Gasteiger partial charge in [-0.15, -0.1) is 0 Å². The van der Waals surface area contributed by atoms with Crippen LogP contribution in [0.15, 0.2) is 4.52 Å². The molecule has 0 amide bonds. The Morgan fingerprint density at radius 3 is 2.87 bits per heavy atom. The monoisotopic (exact) mass is 212 g/mol. The molecule has 1 fully saturated rings. The first-order valence-corrected chi connectivity index (χ1v) is 5.22. The molecule has 1 aliphatic rings. The molecule has 1 aromatic rings. The number of aromatic nitrogens is 2. The number of rotatable bonds is 3. The predicted molar refractivity (Wildman–Crippen MR) is 52.5 cm³/mol. The Balaban J connectivity index is 2.04. The lowest BCUT2D eigenvalue weighted by atomic mass is 9.99. The summed E-state index contributed by atoms with van der Waals surface area (Å²) in [7, 11) is 0. The maximum Gasteiger partial charge on any atom is 0.229 e. The van der Waals surface area contributed by atoms with E-state index >= 15 is 0 Å². The van der Waals surface area contributed by atoms with Gasteiger partial charge in [-0.05, 0) is 0 Å². The number of hydrogen-bond acceptors (Lipinski definition) is 5. The molecule has 0 unspecified atom stereocenters. The minimum absolute atomic E-state index is 0.247. The molecule has 0 bridgehead atoms. The first kappa shape index (κ1) is 10.6. The molecule has 1 saturated heterocycles. The fourth-order valence-electron chi connectivity index (χ4n) is 1.59. The first-order chi connectivity index (χ1) is 7.09. The van der Waals surface area contributed by atoms with Crippen LogP contribution in [0, 0.1) is 0 Å². The highest BCUT2D eigenvalue weighted by molar-refractivity contribution is 4.97. The SMILES string of the molecule is CC(C)c1noc(C[C@@]2(O)CCOC2)n1. The van der Waals surface area contributed by atoms with E-state index in [0.717, 1.165) is 0 Å². The van der Waals surface area contributed by atoms with Gasteiger partial charge in [0.2, 0.25) is 5.89 Å². The smallest absolute Gasteiger partial charge is 0.229 e. The van der Waals surface area contributed by atoms with Crippen LogP contribution in [0.1, 0.15) is 37.9 Å². The van der Waals surface area contributed by atoms with Gasteiger partial charge >= 0.3 is 0 Å². The van der Waals surface area contributed by atoms with Gasteiger partial charge < -0.3 is 14.4 Å². The van der Waals surface area contributed by atoms with Gasteiger partial charge in [0, 0.05) is 18.9 Å². The maximum absolute atomic E-state index is 10.0. The van der Waals surface area contributed by atoms with Gasteiger partial charge in [0.1, 0.15) is 0 Å². The molecule has 5 heteroatoms. The highest BCUT2D eigenvalue weighted by Crippen LogP contribution is 2.23. The van der Waals surface area contributed by atoms with Crippen LogP contribution in [-0.4, -0.2) is 34.1 Å². The quantitative estimate of drug-likeness (QED) is 0.805. The Labute approximate surface area is 88.4 Å². The van der Waals surface area contributed by atoms with E-state index in [1.165, 1.54) is 0 Å². The van der Waals surface area contributed by atoms with Crippen molar-refractivity contribution in [2.45, 2.75) is 38.2 Å². The first-order valence-electron chi connectivity index (χ1n) is 5.22. The van der Waals surface area contributed by atoms with Crippen molar-refractivity contribution in [3.05, 3.63) is 11.7 Å². The fourth-order valence-corrected chi connectivity index (χ4v) is 1.59. The summed E-state index contributed by atoms with van der Waals surface area (Å²) < 4.78 is 10.2. The van der Waals surface area contributed by atoms with E-state index in [1.54, 1.807) is 0 Å². The van der Waals surface area contributed by atoms with Gasteiger partial charge in [-0.3, -0.25) is 0 Å². The molecule has 0 aromatic carbocycles. The van der Waals surface area contributed by atoms with Crippen LogP contribution in [0.25, 0.3) is 0 Å². The summed E-state index contributed by atoms with van der Waals surface area (Å²) in [5.74, 6) is 1.43. The lowest BCUT2D eigenvalue weighted by Crippen LogP contribution is -2.31. The van der Waals surface area contributed by atoms with Crippen molar-refractivity contribution in [3.63, 3.8) is 0 Å². The predicted octanol–water partition coefficient (Wildman–Crippen LogP) is 0.887. The Hall–Kier alpha value is -0.940. The molecule has 1 N–H and O–H groups in total. The van der Waals surface area contributed by atoms with Gasteiger partial charge in [-0.2, -0.15) is 4.98 Å². The molecule has 2 rings (SSSR count). The zero-order chi connectivity index (χ0) is 10.9. The van der Waals surface area contributed by atoms with E-state index in [4.69, 9.17) is 9.26 Å². The van der Waals surface area contributed by atoms with Crippen molar-refractivity contribution in [3.8, 4) is 0 Å². The Morgan fingerprint density at radius 2 is 2.33 bits per heavy atom. The topological polar surface area (TPSA) is 68.4 Å². The molecule has 84 valence electrons. The van der Waals surface area contributed by atoms with Crippen molar-refractivity contribution in [1.29, 1.82) is 0 Å². The average molecular weight is 212 g/mol. The van der Waals surface area contributed by atoms with Crippen molar-refractivity contribution >= 4 is 0 Å². The highest BCUT2D eigenvalue weighted by atomic mass is 16.5. The molecule has 0 radical (unpaired) electrons. The third-order valence-corrected chi connectivity index (χ3v) is 2.56. The molecule has 0 saturated carbocycles. The summed E-state index contributed by atoms with van der Waals surface area (Å²) in [6.45, 7) is 4.96. The van der Waals surface area contributed by atoms with E-state index in [-0.39, 0.29) is 5.92 Å². The van der Waals surface area contributed by atoms with E-state index in [9.17, 15) is 5.11 Å². The van der Waals surface area contributed by atoms with E-state index in [0.29, 0.717) is 37.8 Å². The van der Waals surface area contributed by atoms with Crippen LogP contribution in [0.5, 0.6) is 0 Å². The number of ether oxygens (including phenoxy) is 1. The van der Waals surface area contributed by atoms with Gasteiger partial charge in [0.05, 0.1) is 18.6 Å². The second-order valence-corrected chi connectivity index (χ2v) is 4.40. The van der Waals surface area contributed by atoms with Crippen LogP contribution in [0.4, 0.5) is 0 Å². The summed E-state index contributed by atoms with van der Waals surface area (Å²) >= 11 is 0. The minimum Gasteiger partial charge on any atom is -0.387 e. The molecular formula is C10H16N2O3. The molecule has 1 aromatic heterocycles. The highest BCUT2D eigenvalue weighted by Gasteiger charge is 2.34. The van der Waals surface area contributed by atoms with Crippen LogP contribution in [0.2, 0.25) is 0 Å². The number of aliphatic hydroxyl groups is 1. The van der Waals surface area contributed by atoms with E-state index < -0.39 is 5.60 Å². The van der Waals surface area contributed by atoms with Crippen LogP contribution in [-0.2, 0) is 11.2 Å². The summed E-state index contributed by atoms with van der Waals surface area (Å²) in [6.07, 6.45) is 1.01. The zero-order valence-corrected chi connectivity index (χ0v) is 9.06. The van der Waals surface area contributed by atoms with Gasteiger partial charge in [-0.25, -0.2) is 0 Å². The Kier molecular flexibility index (Phi) is 2.75. The molecule has 1 atom stereocenters. The van der Waals surface area contributed by atoms with Crippen molar-refractivity contribution in [2.75, 3.05) is 13.2 Å². The van der Waals surface area contributed by atoms with Gasteiger partial charge in [-0.1, -0.05) is 19.0 Å². The maximum atomic E-state index is 10.0. The summed E-state index contributed by atoms with van der Waals surface area (Å²) in [6, 6.07) is 0. The van der Waals surface area contributed by atoms with E-state index in [1.807, 2.05) is 13.8 Å². The fraction of sp³-hybridized carbons (Fsp3) is 0.800.